The second kappa shape index (κ2) is 6.29. The van der Waals surface area contributed by atoms with Crippen LogP contribution in [0.2, 0.25) is 0 Å². The van der Waals surface area contributed by atoms with Crippen LogP contribution in [0.4, 0.5) is 0 Å². The second-order valence-corrected chi connectivity index (χ2v) is 7.49. The first-order chi connectivity index (χ1) is 11.3. The molecule has 0 spiro atoms. The van der Waals surface area contributed by atoms with Crippen LogP contribution in [-0.4, -0.2) is 22.3 Å². The van der Waals surface area contributed by atoms with Crippen molar-refractivity contribution in [3.8, 4) is 10.8 Å². The number of carbonyl (C=O) groups excluding carboxylic acids is 1. The molecular weight excluding hydrogens is 328 g/mol. The normalized spacial score (nSPS) is 17.7. The average molecular weight is 344 g/mol. The highest BCUT2D eigenvalue weighted by Crippen LogP contribution is 2.35. The third-order valence-corrected chi connectivity index (χ3v) is 5.89. The largest absolute Gasteiger partial charge is 0.444 e. The Morgan fingerprint density at radius 1 is 1.30 bits per heavy atom. The number of hydrogen-bond donors (Lipinski definition) is 0. The fourth-order valence-electron chi connectivity index (χ4n) is 3.00. The SMILES string of the molecule is O=C(Cc1coc(-c2cccs2)n1)N1CCCC1c1cccs1. The lowest BCUT2D eigenvalue weighted by Gasteiger charge is -2.23. The molecule has 0 bridgehead atoms. The molecule has 0 radical (unpaired) electrons. The Morgan fingerprint density at radius 3 is 2.96 bits per heavy atom. The Morgan fingerprint density at radius 2 is 2.17 bits per heavy atom. The van der Waals surface area contributed by atoms with Crippen LogP contribution in [0.15, 0.2) is 45.7 Å². The molecule has 118 valence electrons. The smallest absolute Gasteiger partial charge is 0.236 e. The fourth-order valence-corrected chi connectivity index (χ4v) is 4.53. The maximum Gasteiger partial charge on any atom is 0.236 e. The molecule has 0 aliphatic carbocycles. The van der Waals surface area contributed by atoms with E-state index in [9.17, 15) is 4.79 Å². The third-order valence-electron chi connectivity index (χ3n) is 4.06. The second-order valence-electron chi connectivity index (χ2n) is 5.56. The first-order valence-electron chi connectivity index (χ1n) is 7.62. The highest BCUT2D eigenvalue weighted by atomic mass is 32.1. The van der Waals surface area contributed by atoms with Gasteiger partial charge < -0.3 is 9.32 Å². The van der Waals surface area contributed by atoms with Crippen molar-refractivity contribution in [3.63, 3.8) is 0 Å². The maximum absolute atomic E-state index is 12.7. The maximum atomic E-state index is 12.7. The summed E-state index contributed by atoms with van der Waals surface area (Å²) in [5, 5.41) is 4.06. The van der Waals surface area contributed by atoms with E-state index in [1.165, 1.54) is 4.88 Å². The number of oxazole rings is 1. The summed E-state index contributed by atoms with van der Waals surface area (Å²) in [6.45, 7) is 0.830. The zero-order chi connectivity index (χ0) is 15.6. The summed E-state index contributed by atoms with van der Waals surface area (Å²) in [7, 11) is 0. The minimum Gasteiger partial charge on any atom is -0.444 e. The van der Waals surface area contributed by atoms with Crippen molar-refractivity contribution in [2.75, 3.05) is 6.54 Å². The molecule has 1 aliphatic rings. The summed E-state index contributed by atoms with van der Waals surface area (Å²) in [6, 6.07) is 8.32. The summed E-state index contributed by atoms with van der Waals surface area (Å²) in [5.74, 6) is 0.728. The van der Waals surface area contributed by atoms with E-state index in [1.54, 1.807) is 28.9 Å². The van der Waals surface area contributed by atoms with E-state index in [1.807, 2.05) is 28.5 Å². The van der Waals surface area contributed by atoms with Gasteiger partial charge in [0.25, 0.3) is 0 Å². The van der Waals surface area contributed by atoms with Crippen LogP contribution in [0.5, 0.6) is 0 Å². The van der Waals surface area contributed by atoms with Crippen molar-refractivity contribution in [3.05, 3.63) is 51.9 Å². The summed E-state index contributed by atoms with van der Waals surface area (Å²) >= 11 is 3.31. The lowest BCUT2D eigenvalue weighted by Crippen LogP contribution is -2.31. The summed E-state index contributed by atoms with van der Waals surface area (Å²) < 4.78 is 5.50. The van der Waals surface area contributed by atoms with Crippen molar-refractivity contribution < 1.29 is 9.21 Å². The molecule has 0 aromatic carbocycles. The van der Waals surface area contributed by atoms with Gasteiger partial charge in [0.2, 0.25) is 11.8 Å². The van der Waals surface area contributed by atoms with Crippen LogP contribution >= 0.6 is 22.7 Å². The van der Waals surface area contributed by atoms with Crippen LogP contribution in [0.1, 0.15) is 29.5 Å². The first-order valence-corrected chi connectivity index (χ1v) is 9.38. The number of nitrogens with zero attached hydrogens (tertiary/aromatic N) is 2. The number of aromatic nitrogens is 1. The molecular formula is C17H16N2O2S2. The molecule has 1 amide bonds. The van der Waals surface area contributed by atoms with Crippen LogP contribution in [0, 0.1) is 0 Å². The molecule has 23 heavy (non-hydrogen) atoms. The van der Waals surface area contributed by atoms with Gasteiger partial charge in [0.15, 0.2) is 0 Å². The molecule has 6 heteroatoms. The molecule has 0 N–H and O–H groups in total. The number of likely N-dealkylation sites (tertiary alicyclic amines) is 1. The molecule has 1 saturated heterocycles. The van der Waals surface area contributed by atoms with E-state index in [-0.39, 0.29) is 11.9 Å². The van der Waals surface area contributed by atoms with E-state index in [4.69, 9.17) is 4.42 Å². The van der Waals surface area contributed by atoms with Gasteiger partial charge in [-0.05, 0) is 35.7 Å². The third kappa shape index (κ3) is 2.96. The number of thiophene rings is 2. The van der Waals surface area contributed by atoms with Gasteiger partial charge in [-0.1, -0.05) is 12.1 Å². The van der Waals surface area contributed by atoms with Crippen molar-refractivity contribution >= 4 is 28.6 Å². The van der Waals surface area contributed by atoms with Gasteiger partial charge in [-0.25, -0.2) is 4.98 Å². The quantitative estimate of drug-likeness (QED) is 0.706. The minimum atomic E-state index is 0.131. The molecule has 0 saturated carbocycles. The first kappa shape index (κ1) is 14.7. The number of hydrogen-bond acceptors (Lipinski definition) is 5. The lowest BCUT2D eigenvalue weighted by molar-refractivity contribution is -0.131. The molecule has 1 atom stereocenters. The zero-order valence-corrected chi connectivity index (χ0v) is 14.1. The predicted molar refractivity (Wildman–Crippen MR) is 91.5 cm³/mol. The van der Waals surface area contributed by atoms with Crippen LogP contribution in [-0.2, 0) is 11.2 Å². The molecule has 4 heterocycles. The van der Waals surface area contributed by atoms with E-state index >= 15 is 0 Å². The summed E-state index contributed by atoms with van der Waals surface area (Å²) in [4.78, 5) is 21.4. The van der Waals surface area contributed by atoms with Crippen molar-refractivity contribution in [1.82, 2.24) is 9.88 Å². The molecule has 3 aromatic heterocycles. The Kier molecular flexibility index (Phi) is 4.01. The van der Waals surface area contributed by atoms with Crippen molar-refractivity contribution in [2.24, 2.45) is 0 Å². The summed E-state index contributed by atoms with van der Waals surface area (Å²) in [5.41, 5.74) is 0.704. The van der Waals surface area contributed by atoms with Gasteiger partial charge in [-0.3, -0.25) is 4.79 Å². The van der Waals surface area contributed by atoms with Gasteiger partial charge >= 0.3 is 0 Å². The minimum absolute atomic E-state index is 0.131. The van der Waals surface area contributed by atoms with Crippen LogP contribution < -0.4 is 0 Å². The molecule has 4 rings (SSSR count). The van der Waals surface area contributed by atoms with Crippen LogP contribution in [0.3, 0.4) is 0 Å². The number of rotatable bonds is 4. The van der Waals surface area contributed by atoms with Crippen molar-refractivity contribution in [2.45, 2.75) is 25.3 Å². The molecule has 4 nitrogen and oxygen atoms in total. The fraction of sp³-hybridized carbons (Fsp3) is 0.294. The monoisotopic (exact) mass is 344 g/mol. The Bertz CT molecular complexity index is 778. The van der Waals surface area contributed by atoms with Gasteiger partial charge in [0.05, 0.1) is 23.0 Å². The van der Waals surface area contributed by atoms with Gasteiger partial charge in [0.1, 0.15) is 6.26 Å². The Labute approximate surface area is 142 Å². The van der Waals surface area contributed by atoms with Gasteiger partial charge in [0, 0.05) is 11.4 Å². The highest BCUT2D eigenvalue weighted by molar-refractivity contribution is 7.13. The van der Waals surface area contributed by atoms with Crippen molar-refractivity contribution in [1.29, 1.82) is 0 Å². The molecule has 3 aromatic rings. The van der Waals surface area contributed by atoms with Crippen LogP contribution in [0.25, 0.3) is 10.8 Å². The van der Waals surface area contributed by atoms with E-state index in [0.29, 0.717) is 18.0 Å². The lowest BCUT2D eigenvalue weighted by atomic mass is 10.2. The Balaban J connectivity index is 1.47. The standard InChI is InChI=1S/C17H16N2O2S2/c20-16(19-7-1-4-13(19)14-5-2-8-22-14)10-12-11-21-17(18-12)15-6-3-9-23-15/h2-3,5-6,8-9,11,13H,1,4,7,10H2. The molecule has 1 fully saturated rings. The van der Waals surface area contributed by atoms with Gasteiger partial charge in [-0.15, -0.1) is 22.7 Å². The van der Waals surface area contributed by atoms with E-state index in [0.717, 1.165) is 24.3 Å². The van der Waals surface area contributed by atoms with E-state index in [2.05, 4.69) is 16.4 Å². The zero-order valence-electron chi connectivity index (χ0n) is 12.5. The average Bonchev–Trinajstić information content (AvgIpc) is 3.30. The number of amides is 1. The summed E-state index contributed by atoms with van der Waals surface area (Å²) in [6.07, 6.45) is 4.01. The topological polar surface area (TPSA) is 46.3 Å². The predicted octanol–water partition coefficient (Wildman–Crippen LogP) is 4.37. The van der Waals surface area contributed by atoms with Gasteiger partial charge in [-0.2, -0.15) is 0 Å². The molecule has 1 unspecified atom stereocenters. The molecule has 1 aliphatic heterocycles. The highest BCUT2D eigenvalue weighted by Gasteiger charge is 2.30. The van der Waals surface area contributed by atoms with E-state index < -0.39 is 0 Å². The number of carbonyl (C=O) groups is 1. The Hall–Kier alpha value is -1.92.